The summed E-state index contributed by atoms with van der Waals surface area (Å²) in [4.78, 5) is 11.6. The predicted octanol–water partition coefficient (Wildman–Crippen LogP) is 0.794. The quantitative estimate of drug-likeness (QED) is 0.652. The fraction of sp³-hybridized carbons (Fsp3) is 0.917. The van der Waals surface area contributed by atoms with E-state index in [-0.39, 0.29) is 18.1 Å². The number of carbonyl (C=O) groups excluding carboxylic acids is 1. The molecule has 0 aliphatic heterocycles. The van der Waals surface area contributed by atoms with Gasteiger partial charge in [-0.1, -0.05) is 26.7 Å². The highest BCUT2D eigenvalue weighted by molar-refractivity contribution is 5.76. The first-order valence-electron chi connectivity index (χ1n) is 6.30. The lowest BCUT2D eigenvalue weighted by atomic mass is 9.92. The minimum atomic E-state index is -0.351. The molecule has 1 amide bonds. The molecule has 0 radical (unpaired) electrons. The van der Waals surface area contributed by atoms with Gasteiger partial charge < -0.3 is 15.7 Å². The van der Waals surface area contributed by atoms with Crippen LogP contribution in [-0.4, -0.2) is 35.7 Å². The van der Waals surface area contributed by atoms with Crippen LogP contribution in [0.1, 0.15) is 46.0 Å². The average molecular weight is 228 g/mol. The number of aliphatic hydroxyl groups is 1. The number of rotatable bonds is 5. The monoisotopic (exact) mass is 228 g/mol. The zero-order valence-corrected chi connectivity index (χ0v) is 10.3. The molecule has 0 aromatic rings. The third kappa shape index (κ3) is 4.94. The molecule has 4 heteroatoms. The van der Waals surface area contributed by atoms with Crippen molar-refractivity contribution in [1.29, 1.82) is 0 Å². The summed E-state index contributed by atoms with van der Waals surface area (Å²) in [5.41, 5.74) is 0. The van der Waals surface area contributed by atoms with E-state index >= 15 is 0 Å². The number of hydrogen-bond acceptors (Lipinski definition) is 3. The maximum Gasteiger partial charge on any atom is 0.221 e. The Bertz CT molecular complexity index is 219. The first kappa shape index (κ1) is 13.5. The lowest BCUT2D eigenvalue weighted by Gasteiger charge is -2.28. The number of nitrogens with one attached hydrogen (secondary N) is 2. The molecule has 0 spiro atoms. The van der Waals surface area contributed by atoms with Crippen LogP contribution in [0, 0.1) is 0 Å². The molecule has 1 saturated carbocycles. The smallest absolute Gasteiger partial charge is 0.221 e. The van der Waals surface area contributed by atoms with Crippen molar-refractivity contribution in [1.82, 2.24) is 10.6 Å². The molecule has 0 heterocycles. The molecule has 0 bridgehead atoms. The Morgan fingerprint density at radius 2 is 2.06 bits per heavy atom. The standard InChI is InChI=1S/C12H24N2O2/c1-9(2)13-8-7-12(16)14-10-5-3-4-6-11(10)15/h9-11,13,15H,3-8H2,1-2H3,(H,14,16)/t10-,11-/m0/s1. The topological polar surface area (TPSA) is 61.4 Å². The molecule has 94 valence electrons. The van der Waals surface area contributed by atoms with Gasteiger partial charge in [-0.05, 0) is 12.8 Å². The molecule has 0 aromatic heterocycles. The Morgan fingerprint density at radius 1 is 1.38 bits per heavy atom. The summed E-state index contributed by atoms with van der Waals surface area (Å²) >= 11 is 0. The average Bonchev–Trinajstić information content (AvgIpc) is 2.21. The second kappa shape index (κ2) is 6.86. The highest BCUT2D eigenvalue weighted by Gasteiger charge is 2.23. The van der Waals surface area contributed by atoms with Gasteiger partial charge in [0.2, 0.25) is 5.91 Å². The van der Waals surface area contributed by atoms with Crippen molar-refractivity contribution in [3.63, 3.8) is 0 Å². The van der Waals surface area contributed by atoms with Crippen molar-refractivity contribution < 1.29 is 9.90 Å². The van der Waals surface area contributed by atoms with Gasteiger partial charge in [-0.3, -0.25) is 4.79 Å². The summed E-state index contributed by atoms with van der Waals surface area (Å²) in [6.45, 7) is 4.82. The van der Waals surface area contributed by atoms with E-state index in [1.165, 1.54) is 0 Å². The van der Waals surface area contributed by atoms with Crippen LogP contribution in [0.25, 0.3) is 0 Å². The minimum Gasteiger partial charge on any atom is -0.391 e. The third-order valence-electron chi connectivity index (χ3n) is 2.98. The Morgan fingerprint density at radius 3 is 2.69 bits per heavy atom. The fourth-order valence-corrected chi connectivity index (χ4v) is 2.03. The Balaban J connectivity index is 2.17. The fourth-order valence-electron chi connectivity index (χ4n) is 2.03. The molecule has 0 unspecified atom stereocenters. The van der Waals surface area contributed by atoms with E-state index in [9.17, 15) is 9.90 Å². The second-order valence-corrected chi connectivity index (χ2v) is 4.88. The van der Waals surface area contributed by atoms with Crippen molar-refractivity contribution in [3.05, 3.63) is 0 Å². The van der Waals surface area contributed by atoms with Crippen LogP contribution in [0.15, 0.2) is 0 Å². The Kier molecular flexibility index (Phi) is 5.77. The van der Waals surface area contributed by atoms with Crippen molar-refractivity contribution in [2.24, 2.45) is 0 Å². The Labute approximate surface area is 97.8 Å². The highest BCUT2D eigenvalue weighted by Crippen LogP contribution is 2.18. The number of hydrogen-bond donors (Lipinski definition) is 3. The van der Waals surface area contributed by atoms with Crippen LogP contribution < -0.4 is 10.6 Å². The largest absolute Gasteiger partial charge is 0.391 e. The molecule has 1 fully saturated rings. The molecule has 3 N–H and O–H groups in total. The highest BCUT2D eigenvalue weighted by atomic mass is 16.3. The molecule has 1 rings (SSSR count). The molecule has 1 aliphatic rings. The lowest BCUT2D eigenvalue weighted by Crippen LogP contribution is -2.45. The lowest BCUT2D eigenvalue weighted by molar-refractivity contribution is -0.122. The zero-order chi connectivity index (χ0) is 12.0. The Hall–Kier alpha value is -0.610. The number of carbonyl (C=O) groups is 1. The van der Waals surface area contributed by atoms with Crippen LogP contribution >= 0.6 is 0 Å². The van der Waals surface area contributed by atoms with Gasteiger partial charge in [0.15, 0.2) is 0 Å². The predicted molar refractivity (Wildman–Crippen MR) is 64.2 cm³/mol. The van der Waals surface area contributed by atoms with Gasteiger partial charge in [-0.25, -0.2) is 0 Å². The molecule has 2 atom stereocenters. The molecule has 0 aromatic carbocycles. The molecule has 16 heavy (non-hydrogen) atoms. The van der Waals surface area contributed by atoms with Crippen molar-refractivity contribution >= 4 is 5.91 Å². The number of aliphatic hydroxyl groups excluding tert-OH is 1. The van der Waals surface area contributed by atoms with Gasteiger partial charge in [0, 0.05) is 19.0 Å². The molecule has 0 saturated heterocycles. The van der Waals surface area contributed by atoms with Crippen molar-refractivity contribution in [2.45, 2.75) is 64.1 Å². The molecule has 4 nitrogen and oxygen atoms in total. The summed E-state index contributed by atoms with van der Waals surface area (Å²) in [5, 5.41) is 15.8. The van der Waals surface area contributed by atoms with E-state index in [4.69, 9.17) is 0 Å². The SMILES string of the molecule is CC(C)NCCC(=O)N[C@H]1CCCC[C@@H]1O. The summed E-state index contributed by atoms with van der Waals surface area (Å²) < 4.78 is 0. The van der Waals surface area contributed by atoms with E-state index < -0.39 is 0 Å². The summed E-state index contributed by atoms with van der Waals surface area (Å²) in [7, 11) is 0. The normalized spacial score (nSPS) is 25.8. The molecular weight excluding hydrogens is 204 g/mol. The van der Waals surface area contributed by atoms with Crippen LogP contribution in [-0.2, 0) is 4.79 Å². The van der Waals surface area contributed by atoms with Gasteiger partial charge in [0.1, 0.15) is 0 Å². The first-order chi connectivity index (χ1) is 7.59. The summed E-state index contributed by atoms with van der Waals surface area (Å²) in [6, 6.07) is 0.383. The zero-order valence-electron chi connectivity index (χ0n) is 10.3. The van der Waals surface area contributed by atoms with E-state index in [1.807, 2.05) is 0 Å². The van der Waals surface area contributed by atoms with Crippen molar-refractivity contribution in [2.75, 3.05) is 6.54 Å². The molecular formula is C12H24N2O2. The second-order valence-electron chi connectivity index (χ2n) is 4.88. The van der Waals surface area contributed by atoms with E-state index in [0.717, 1.165) is 25.7 Å². The maximum atomic E-state index is 11.6. The van der Waals surface area contributed by atoms with Gasteiger partial charge in [-0.2, -0.15) is 0 Å². The summed E-state index contributed by atoms with van der Waals surface area (Å²) in [5.74, 6) is 0.0408. The number of amides is 1. The summed E-state index contributed by atoms with van der Waals surface area (Å²) in [6.07, 6.45) is 4.03. The van der Waals surface area contributed by atoms with Crippen LogP contribution in [0.4, 0.5) is 0 Å². The van der Waals surface area contributed by atoms with E-state index in [2.05, 4.69) is 24.5 Å². The van der Waals surface area contributed by atoms with Crippen LogP contribution in [0.5, 0.6) is 0 Å². The van der Waals surface area contributed by atoms with E-state index in [1.54, 1.807) is 0 Å². The first-order valence-corrected chi connectivity index (χ1v) is 6.30. The third-order valence-corrected chi connectivity index (χ3v) is 2.98. The van der Waals surface area contributed by atoms with Crippen LogP contribution in [0.3, 0.4) is 0 Å². The van der Waals surface area contributed by atoms with Gasteiger partial charge in [0.25, 0.3) is 0 Å². The van der Waals surface area contributed by atoms with Gasteiger partial charge in [-0.15, -0.1) is 0 Å². The minimum absolute atomic E-state index is 0.0275. The van der Waals surface area contributed by atoms with Gasteiger partial charge in [0.05, 0.1) is 12.1 Å². The molecule has 1 aliphatic carbocycles. The van der Waals surface area contributed by atoms with Gasteiger partial charge >= 0.3 is 0 Å². The van der Waals surface area contributed by atoms with Crippen molar-refractivity contribution in [3.8, 4) is 0 Å². The van der Waals surface area contributed by atoms with E-state index in [0.29, 0.717) is 19.0 Å². The van der Waals surface area contributed by atoms with Crippen LogP contribution in [0.2, 0.25) is 0 Å². The maximum absolute atomic E-state index is 11.6.